The van der Waals surface area contributed by atoms with Gasteiger partial charge in [-0.25, -0.2) is 4.79 Å². The molecule has 0 fully saturated rings. The zero-order valence-electron chi connectivity index (χ0n) is 12.2. The predicted molar refractivity (Wildman–Crippen MR) is 76.7 cm³/mol. The van der Waals surface area contributed by atoms with E-state index in [0.29, 0.717) is 6.54 Å². The van der Waals surface area contributed by atoms with E-state index in [1.54, 1.807) is 0 Å². The van der Waals surface area contributed by atoms with E-state index in [-0.39, 0.29) is 12.0 Å². The molecule has 0 saturated carbocycles. The maximum atomic E-state index is 11.7. The Labute approximate surface area is 119 Å². The normalized spacial score (nSPS) is 12.6. The lowest BCUT2D eigenvalue weighted by molar-refractivity contribution is -0.149. The SMILES string of the molecule is CC(C)(C)CNC(=O)[C@@H](N)C(=O)OCc1ccccc1. The molecule has 110 valence electrons. The van der Waals surface area contributed by atoms with Crippen LogP contribution in [0.15, 0.2) is 30.3 Å². The van der Waals surface area contributed by atoms with E-state index < -0.39 is 17.9 Å². The van der Waals surface area contributed by atoms with E-state index in [2.05, 4.69) is 5.32 Å². The van der Waals surface area contributed by atoms with Gasteiger partial charge in [-0.15, -0.1) is 0 Å². The fourth-order valence-electron chi connectivity index (χ4n) is 1.39. The molecule has 0 heterocycles. The van der Waals surface area contributed by atoms with Crippen LogP contribution in [0.1, 0.15) is 26.3 Å². The lowest BCUT2D eigenvalue weighted by Crippen LogP contribution is -2.48. The van der Waals surface area contributed by atoms with Gasteiger partial charge in [-0.3, -0.25) is 4.79 Å². The number of nitrogens with one attached hydrogen (secondary N) is 1. The Kier molecular flexibility index (Phi) is 5.70. The molecule has 5 nitrogen and oxygen atoms in total. The zero-order valence-corrected chi connectivity index (χ0v) is 12.2. The van der Waals surface area contributed by atoms with Crippen molar-refractivity contribution in [1.29, 1.82) is 0 Å². The number of hydrogen-bond donors (Lipinski definition) is 2. The Hall–Kier alpha value is -1.88. The Morgan fingerprint density at radius 3 is 2.40 bits per heavy atom. The standard InChI is InChI=1S/C15H22N2O3/c1-15(2,3)10-17-13(18)12(16)14(19)20-9-11-7-5-4-6-8-11/h4-8,12H,9-10,16H2,1-3H3,(H,17,18)/t12-/m1/s1. The minimum Gasteiger partial charge on any atom is -0.459 e. The van der Waals surface area contributed by atoms with Gasteiger partial charge in [0.25, 0.3) is 0 Å². The van der Waals surface area contributed by atoms with Crippen molar-refractivity contribution in [2.75, 3.05) is 6.54 Å². The van der Waals surface area contributed by atoms with Crippen molar-refractivity contribution in [3.05, 3.63) is 35.9 Å². The third kappa shape index (κ3) is 5.84. The second kappa shape index (κ2) is 7.05. The molecule has 0 saturated heterocycles. The Morgan fingerprint density at radius 1 is 1.25 bits per heavy atom. The van der Waals surface area contributed by atoms with Crippen molar-refractivity contribution in [2.24, 2.45) is 11.1 Å². The summed E-state index contributed by atoms with van der Waals surface area (Å²) in [5.41, 5.74) is 6.35. The maximum Gasteiger partial charge on any atom is 0.333 e. The van der Waals surface area contributed by atoms with Crippen LogP contribution in [-0.4, -0.2) is 24.5 Å². The predicted octanol–water partition coefficient (Wildman–Crippen LogP) is 1.22. The van der Waals surface area contributed by atoms with Crippen LogP contribution in [0.5, 0.6) is 0 Å². The molecule has 20 heavy (non-hydrogen) atoms. The van der Waals surface area contributed by atoms with E-state index in [1.807, 2.05) is 51.1 Å². The molecule has 0 aromatic heterocycles. The van der Waals surface area contributed by atoms with Gasteiger partial charge in [0.1, 0.15) is 6.61 Å². The topological polar surface area (TPSA) is 81.4 Å². The van der Waals surface area contributed by atoms with E-state index >= 15 is 0 Å². The molecule has 0 aliphatic heterocycles. The van der Waals surface area contributed by atoms with E-state index in [9.17, 15) is 9.59 Å². The number of carbonyl (C=O) groups excluding carboxylic acids is 2. The number of carbonyl (C=O) groups is 2. The Bertz CT molecular complexity index is 452. The summed E-state index contributed by atoms with van der Waals surface area (Å²) in [5.74, 6) is -1.24. The zero-order chi connectivity index (χ0) is 15.2. The fourth-order valence-corrected chi connectivity index (χ4v) is 1.39. The van der Waals surface area contributed by atoms with Crippen molar-refractivity contribution in [3.63, 3.8) is 0 Å². The van der Waals surface area contributed by atoms with Crippen LogP contribution in [0.25, 0.3) is 0 Å². The van der Waals surface area contributed by atoms with Crippen LogP contribution in [0.4, 0.5) is 0 Å². The summed E-state index contributed by atoms with van der Waals surface area (Å²) in [6.07, 6.45) is 0. The van der Waals surface area contributed by atoms with Crippen LogP contribution in [0.3, 0.4) is 0 Å². The lowest BCUT2D eigenvalue weighted by atomic mass is 9.97. The van der Waals surface area contributed by atoms with E-state index in [0.717, 1.165) is 5.56 Å². The highest BCUT2D eigenvalue weighted by Crippen LogP contribution is 2.10. The van der Waals surface area contributed by atoms with Crippen molar-refractivity contribution < 1.29 is 14.3 Å². The van der Waals surface area contributed by atoms with Crippen LogP contribution in [0, 0.1) is 5.41 Å². The molecule has 5 heteroatoms. The molecule has 1 aromatic rings. The maximum absolute atomic E-state index is 11.7. The first kappa shape index (κ1) is 16.2. The first-order chi connectivity index (χ1) is 9.29. The van der Waals surface area contributed by atoms with Gasteiger partial charge in [0.15, 0.2) is 6.04 Å². The number of rotatable bonds is 5. The summed E-state index contributed by atoms with van der Waals surface area (Å²) in [5, 5.41) is 2.64. The minimum atomic E-state index is -1.29. The average Bonchev–Trinajstić information content (AvgIpc) is 2.41. The smallest absolute Gasteiger partial charge is 0.333 e. The van der Waals surface area contributed by atoms with Crippen LogP contribution in [-0.2, 0) is 20.9 Å². The number of ether oxygens (including phenoxy) is 1. The summed E-state index contributed by atoms with van der Waals surface area (Å²) in [4.78, 5) is 23.4. The van der Waals surface area contributed by atoms with Crippen molar-refractivity contribution >= 4 is 11.9 Å². The van der Waals surface area contributed by atoms with Gasteiger partial charge in [-0.05, 0) is 11.0 Å². The third-order valence-electron chi connectivity index (χ3n) is 2.55. The molecule has 1 amide bonds. The summed E-state index contributed by atoms with van der Waals surface area (Å²) in [6, 6.07) is 7.94. The highest BCUT2D eigenvalue weighted by atomic mass is 16.5. The number of nitrogens with two attached hydrogens (primary N) is 1. The van der Waals surface area contributed by atoms with Crippen molar-refractivity contribution in [1.82, 2.24) is 5.32 Å². The van der Waals surface area contributed by atoms with Crippen LogP contribution in [0.2, 0.25) is 0 Å². The van der Waals surface area contributed by atoms with E-state index in [1.165, 1.54) is 0 Å². The van der Waals surface area contributed by atoms with Gasteiger partial charge in [-0.2, -0.15) is 0 Å². The van der Waals surface area contributed by atoms with Crippen molar-refractivity contribution in [2.45, 2.75) is 33.4 Å². The van der Waals surface area contributed by atoms with Crippen molar-refractivity contribution in [3.8, 4) is 0 Å². The van der Waals surface area contributed by atoms with Gasteiger partial charge in [-0.1, -0.05) is 51.1 Å². The number of benzene rings is 1. The molecular formula is C15H22N2O3. The molecule has 0 bridgehead atoms. The van der Waals surface area contributed by atoms with Gasteiger partial charge >= 0.3 is 5.97 Å². The molecule has 0 aliphatic carbocycles. The monoisotopic (exact) mass is 278 g/mol. The van der Waals surface area contributed by atoms with Crippen LogP contribution < -0.4 is 11.1 Å². The Morgan fingerprint density at radius 2 is 1.85 bits per heavy atom. The molecule has 1 aromatic carbocycles. The molecule has 1 rings (SSSR count). The quantitative estimate of drug-likeness (QED) is 0.627. The first-order valence-electron chi connectivity index (χ1n) is 6.53. The summed E-state index contributed by atoms with van der Waals surface area (Å²) in [7, 11) is 0. The Balaban J connectivity index is 2.40. The van der Waals surface area contributed by atoms with Crippen LogP contribution >= 0.6 is 0 Å². The average molecular weight is 278 g/mol. The number of hydrogen-bond acceptors (Lipinski definition) is 4. The largest absolute Gasteiger partial charge is 0.459 e. The molecule has 0 unspecified atom stereocenters. The molecule has 0 aliphatic rings. The van der Waals surface area contributed by atoms with Gasteiger partial charge < -0.3 is 15.8 Å². The fraction of sp³-hybridized carbons (Fsp3) is 0.467. The third-order valence-corrected chi connectivity index (χ3v) is 2.55. The minimum absolute atomic E-state index is 0.0661. The number of amides is 1. The number of esters is 1. The highest BCUT2D eigenvalue weighted by Gasteiger charge is 2.24. The summed E-state index contributed by atoms with van der Waals surface area (Å²) < 4.78 is 5.02. The summed E-state index contributed by atoms with van der Waals surface area (Å²) in [6.45, 7) is 6.50. The second-order valence-electron chi connectivity index (χ2n) is 5.85. The van der Waals surface area contributed by atoms with E-state index in [4.69, 9.17) is 10.5 Å². The van der Waals surface area contributed by atoms with Gasteiger partial charge in [0.05, 0.1) is 0 Å². The second-order valence-corrected chi connectivity index (χ2v) is 5.85. The van der Waals surface area contributed by atoms with Gasteiger partial charge in [0.2, 0.25) is 5.91 Å². The van der Waals surface area contributed by atoms with Gasteiger partial charge in [0, 0.05) is 6.54 Å². The molecule has 1 atom stereocenters. The molecule has 0 spiro atoms. The first-order valence-corrected chi connectivity index (χ1v) is 6.53. The molecule has 0 radical (unpaired) electrons. The molecule has 3 N–H and O–H groups in total. The highest BCUT2D eigenvalue weighted by molar-refractivity contribution is 6.01. The lowest BCUT2D eigenvalue weighted by Gasteiger charge is -2.20. The molecular weight excluding hydrogens is 256 g/mol. The summed E-state index contributed by atoms with van der Waals surface area (Å²) >= 11 is 0.